The Hall–Kier alpha value is 0.750. The van der Waals surface area contributed by atoms with E-state index in [0.29, 0.717) is 30.9 Å². The van der Waals surface area contributed by atoms with Crippen molar-refractivity contribution in [2.75, 3.05) is 38.0 Å². The number of alkyl halides is 3. The largest absolute Gasteiger partial charge is 0.378 e. The molecule has 0 aromatic rings. The lowest BCUT2D eigenvalue weighted by Crippen LogP contribution is -2.30. The summed E-state index contributed by atoms with van der Waals surface area (Å²) in [6.45, 7) is 2.86. The molecule has 0 heterocycles. The van der Waals surface area contributed by atoms with Crippen LogP contribution in [-0.2, 0) is 14.2 Å². The molecule has 0 spiro atoms. The summed E-state index contributed by atoms with van der Waals surface area (Å²) in [6, 6.07) is 0. The molecule has 3 unspecified atom stereocenters. The third-order valence-corrected chi connectivity index (χ3v) is 3.18. The van der Waals surface area contributed by atoms with Crippen molar-refractivity contribution in [2.24, 2.45) is 0 Å². The average Bonchev–Trinajstić information content (AvgIpc) is 2.34. The molecule has 0 radical (unpaired) electrons. The van der Waals surface area contributed by atoms with Crippen molar-refractivity contribution in [2.45, 2.75) is 31.7 Å². The summed E-state index contributed by atoms with van der Waals surface area (Å²) < 4.78 is 16.2. The topological polar surface area (TPSA) is 27.7 Å². The Kier molecular flexibility index (Phi) is 12.3. The van der Waals surface area contributed by atoms with Crippen LogP contribution in [0.5, 0.6) is 0 Å². The molecule has 0 aliphatic heterocycles. The molecule has 0 saturated carbocycles. The zero-order valence-corrected chi connectivity index (χ0v) is 12.6. The Labute approximate surface area is 119 Å². The van der Waals surface area contributed by atoms with Crippen molar-refractivity contribution in [3.63, 3.8) is 0 Å². The minimum absolute atomic E-state index is 0.109. The highest BCUT2D eigenvalue weighted by atomic mass is 35.5. The predicted octanol–water partition coefficient (Wildman–Crippen LogP) is 2.90. The normalized spacial score (nSPS) is 16.8. The lowest BCUT2D eigenvalue weighted by Gasteiger charge is -2.20. The van der Waals surface area contributed by atoms with Crippen molar-refractivity contribution in [1.82, 2.24) is 0 Å². The van der Waals surface area contributed by atoms with Crippen LogP contribution in [0.1, 0.15) is 13.3 Å². The smallest absolute Gasteiger partial charge is 0.0944 e. The summed E-state index contributed by atoms with van der Waals surface area (Å²) in [4.78, 5) is 0. The van der Waals surface area contributed by atoms with E-state index in [2.05, 4.69) is 0 Å². The Morgan fingerprint density at radius 2 is 1.53 bits per heavy atom. The van der Waals surface area contributed by atoms with Gasteiger partial charge in [0.05, 0.1) is 43.3 Å². The van der Waals surface area contributed by atoms with Gasteiger partial charge >= 0.3 is 0 Å². The van der Waals surface area contributed by atoms with Crippen LogP contribution in [0.25, 0.3) is 0 Å². The second-order valence-electron chi connectivity index (χ2n) is 3.74. The average molecular weight is 308 g/mol. The maximum Gasteiger partial charge on any atom is 0.0944 e. The first kappa shape index (κ1) is 17.8. The maximum atomic E-state index is 5.79. The van der Waals surface area contributed by atoms with Crippen molar-refractivity contribution >= 4 is 34.8 Å². The Morgan fingerprint density at radius 3 is 2.00 bits per heavy atom. The van der Waals surface area contributed by atoms with E-state index < -0.39 is 0 Å². The molecule has 17 heavy (non-hydrogen) atoms. The van der Waals surface area contributed by atoms with Crippen LogP contribution in [0.4, 0.5) is 0 Å². The fourth-order valence-corrected chi connectivity index (χ4v) is 1.77. The van der Waals surface area contributed by atoms with Gasteiger partial charge in [0.1, 0.15) is 0 Å². The molecule has 0 rings (SSSR count). The van der Waals surface area contributed by atoms with E-state index in [0.717, 1.165) is 6.42 Å². The van der Waals surface area contributed by atoms with Crippen LogP contribution in [0, 0.1) is 0 Å². The molecule has 0 aromatic heterocycles. The summed E-state index contributed by atoms with van der Waals surface area (Å²) in [5, 5.41) is 0. The van der Waals surface area contributed by atoms with Crippen molar-refractivity contribution in [3.8, 4) is 0 Å². The van der Waals surface area contributed by atoms with E-state index in [-0.39, 0.29) is 18.3 Å². The lowest BCUT2D eigenvalue weighted by molar-refractivity contribution is -0.0581. The van der Waals surface area contributed by atoms with Gasteiger partial charge in [-0.25, -0.2) is 0 Å². The molecule has 0 amide bonds. The molecule has 3 nitrogen and oxygen atoms in total. The first-order valence-electron chi connectivity index (χ1n) is 5.61. The zero-order chi connectivity index (χ0) is 13.1. The summed E-state index contributed by atoms with van der Waals surface area (Å²) in [7, 11) is 1.60. The fourth-order valence-electron chi connectivity index (χ4n) is 1.06. The maximum absolute atomic E-state index is 5.79. The molecule has 0 aliphatic carbocycles. The molecule has 0 fully saturated rings. The minimum Gasteiger partial charge on any atom is -0.378 e. The molecule has 3 atom stereocenters. The predicted molar refractivity (Wildman–Crippen MR) is 72.7 cm³/mol. The van der Waals surface area contributed by atoms with Crippen molar-refractivity contribution in [1.29, 1.82) is 0 Å². The quantitative estimate of drug-likeness (QED) is 0.549. The zero-order valence-electron chi connectivity index (χ0n) is 10.3. The lowest BCUT2D eigenvalue weighted by atomic mass is 10.3. The van der Waals surface area contributed by atoms with Gasteiger partial charge in [-0.15, -0.1) is 34.8 Å². The Morgan fingerprint density at radius 1 is 0.941 bits per heavy atom. The highest BCUT2D eigenvalue weighted by molar-refractivity contribution is 6.18. The van der Waals surface area contributed by atoms with Gasteiger partial charge in [-0.3, -0.25) is 0 Å². The number of hydrogen-bond acceptors (Lipinski definition) is 3. The van der Waals surface area contributed by atoms with Crippen LogP contribution in [0.3, 0.4) is 0 Å². The standard InChI is InChI=1S/C11H21Cl3O3/c1-9(3-4-12)16-8-11(6-14)17-7-10(5-13)15-2/h9-11H,3-8H2,1-2H3. The van der Waals surface area contributed by atoms with Crippen molar-refractivity contribution in [3.05, 3.63) is 0 Å². The molecule has 0 N–H and O–H groups in total. The molecule has 0 bridgehead atoms. The number of methoxy groups -OCH3 is 1. The summed E-state index contributed by atoms with van der Waals surface area (Å²) in [5.41, 5.74) is 0. The van der Waals surface area contributed by atoms with Gasteiger partial charge in [-0.2, -0.15) is 0 Å². The number of hydrogen-bond donors (Lipinski definition) is 0. The van der Waals surface area contributed by atoms with E-state index in [1.54, 1.807) is 7.11 Å². The second kappa shape index (κ2) is 11.8. The number of ether oxygens (including phenoxy) is 3. The first-order valence-corrected chi connectivity index (χ1v) is 7.22. The van der Waals surface area contributed by atoms with Crippen LogP contribution in [0.15, 0.2) is 0 Å². The number of rotatable bonds is 11. The second-order valence-corrected chi connectivity index (χ2v) is 4.74. The molecule has 0 saturated heterocycles. The van der Waals surface area contributed by atoms with Crippen molar-refractivity contribution < 1.29 is 14.2 Å². The van der Waals surface area contributed by atoms with Crippen LogP contribution in [0.2, 0.25) is 0 Å². The third kappa shape index (κ3) is 9.34. The van der Waals surface area contributed by atoms with Gasteiger partial charge in [-0.1, -0.05) is 0 Å². The summed E-state index contributed by atoms with van der Waals surface area (Å²) in [6.07, 6.45) is 0.685. The van der Waals surface area contributed by atoms with Gasteiger partial charge < -0.3 is 14.2 Å². The Bertz CT molecular complexity index is 168. The van der Waals surface area contributed by atoms with Crippen LogP contribution >= 0.6 is 34.8 Å². The molecule has 0 aromatic carbocycles. The summed E-state index contributed by atoms with van der Waals surface area (Å²) in [5.74, 6) is 1.37. The van der Waals surface area contributed by atoms with Gasteiger partial charge in [-0.05, 0) is 13.3 Å². The molecule has 104 valence electrons. The summed E-state index contributed by atoms with van der Waals surface area (Å²) >= 11 is 17.1. The molecule has 6 heteroatoms. The van der Waals surface area contributed by atoms with Crippen LogP contribution in [-0.4, -0.2) is 56.3 Å². The van der Waals surface area contributed by atoms with Gasteiger partial charge in [0.2, 0.25) is 0 Å². The van der Waals surface area contributed by atoms with E-state index in [4.69, 9.17) is 49.0 Å². The van der Waals surface area contributed by atoms with E-state index >= 15 is 0 Å². The van der Waals surface area contributed by atoms with Gasteiger partial charge in [0.25, 0.3) is 0 Å². The molecular weight excluding hydrogens is 286 g/mol. The highest BCUT2D eigenvalue weighted by Gasteiger charge is 2.14. The first-order chi connectivity index (χ1) is 8.17. The fraction of sp³-hybridized carbons (Fsp3) is 1.00. The minimum atomic E-state index is -0.143. The van der Waals surface area contributed by atoms with E-state index in [9.17, 15) is 0 Å². The molecule has 0 aliphatic rings. The number of halogens is 3. The van der Waals surface area contributed by atoms with E-state index in [1.165, 1.54) is 0 Å². The van der Waals surface area contributed by atoms with Gasteiger partial charge in [0.15, 0.2) is 0 Å². The highest BCUT2D eigenvalue weighted by Crippen LogP contribution is 2.05. The van der Waals surface area contributed by atoms with Gasteiger partial charge in [0, 0.05) is 13.0 Å². The van der Waals surface area contributed by atoms with Crippen LogP contribution < -0.4 is 0 Å². The molecular formula is C11H21Cl3O3. The van der Waals surface area contributed by atoms with E-state index in [1.807, 2.05) is 6.92 Å². The monoisotopic (exact) mass is 306 g/mol. The SMILES string of the molecule is COC(CCl)COC(CCl)COC(C)CCCl. The third-order valence-electron chi connectivity index (χ3n) is 2.28. The Balaban J connectivity index is 3.75.